The number of nitrogens with two attached hydrogens (primary N) is 1. The highest BCUT2D eigenvalue weighted by Gasteiger charge is 2.04. The molecular formula is C21H20ClN5. The normalized spacial score (nSPS) is 11.6. The van der Waals surface area contributed by atoms with Crippen LogP contribution in [-0.2, 0) is 0 Å². The molecule has 0 amide bonds. The molecule has 136 valence electrons. The molecule has 2 heterocycles. The summed E-state index contributed by atoms with van der Waals surface area (Å²) in [6.07, 6.45) is 5.42. The third-order valence-corrected chi connectivity index (χ3v) is 4.29. The molecule has 6 heteroatoms. The zero-order chi connectivity index (χ0) is 17.9. The van der Waals surface area contributed by atoms with E-state index in [1.807, 2.05) is 55.6 Å². The molecule has 4 aromatic rings. The highest BCUT2D eigenvalue weighted by atomic mass is 35.5. The van der Waals surface area contributed by atoms with Crippen molar-refractivity contribution in [1.29, 1.82) is 0 Å². The van der Waals surface area contributed by atoms with Crippen LogP contribution >= 0.6 is 12.4 Å². The fraction of sp³-hybridized carbons (Fsp3) is 0.0952. The van der Waals surface area contributed by atoms with E-state index in [4.69, 9.17) is 5.73 Å². The van der Waals surface area contributed by atoms with Crippen LogP contribution < -0.4 is 11.1 Å². The Morgan fingerprint density at radius 3 is 2.37 bits per heavy atom. The fourth-order valence-electron chi connectivity index (χ4n) is 2.82. The summed E-state index contributed by atoms with van der Waals surface area (Å²) < 4.78 is 0. The molecule has 2 aromatic carbocycles. The van der Waals surface area contributed by atoms with Gasteiger partial charge in [-0.05, 0) is 60.0 Å². The van der Waals surface area contributed by atoms with E-state index in [1.54, 1.807) is 12.4 Å². The van der Waals surface area contributed by atoms with E-state index in [9.17, 15) is 0 Å². The number of hydrogen-bond donors (Lipinski definition) is 2. The first kappa shape index (κ1) is 18.8. The smallest absolute Gasteiger partial charge is 0.227 e. The van der Waals surface area contributed by atoms with Gasteiger partial charge in [-0.15, -0.1) is 12.4 Å². The minimum Gasteiger partial charge on any atom is -0.324 e. The minimum atomic E-state index is 0. The number of anilines is 2. The van der Waals surface area contributed by atoms with E-state index < -0.39 is 0 Å². The number of nitrogens with one attached hydrogen (secondary N) is 1. The molecule has 0 bridgehead atoms. The summed E-state index contributed by atoms with van der Waals surface area (Å²) >= 11 is 0. The van der Waals surface area contributed by atoms with E-state index in [-0.39, 0.29) is 18.4 Å². The molecule has 0 unspecified atom stereocenters. The van der Waals surface area contributed by atoms with Gasteiger partial charge in [-0.1, -0.05) is 18.2 Å². The molecule has 0 saturated heterocycles. The molecule has 27 heavy (non-hydrogen) atoms. The maximum absolute atomic E-state index is 5.88. The monoisotopic (exact) mass is 377 g/mol. The standard InChI is InChI=1S/C21H19N5.ClH/c1-14(22)15-2-5-19(6-3-15)25-21-24-13-18-12-17(4-7-20(18)26-21)16-8-10-23-11-9-16;/h2-14H,22H2,1H3,(H,24,25,26);1H/t14-;/m1./s1. The molecule has 5 nitrogen and oxygen atoms in total. The van der Waals surface area contributed by atoms with E-state index in [2.05, 4.69) is 32.4 Å². The lowest BCUT2D eigenvalue weighted by molar-refractivity contribution is 0.818. The number of fused-ring (bicyclic) bond motifs is 1. The Bertz CT molecular complexity index is 1030. The summed E-state index contributed by atoms with van der Waals surface area (Å²) in [7, 11) is 0. The quantitative estimate of drug-likeness (QED) is 0.530. The van der Waals surface area contributed by atoms with Crippen molar-refractivity contribution in [1.82, 2.24) is 15.0 Å². The first-order chi connectivity index (χ1) is 12.7. The molecule has 1 atom stereocenters. The third kappa shape index (κ3) is 4.22. The minimum absolute atomic E-state index is 0. The lowest BCUT2D eigenvalue weighted by Gasteiger charge is -2.09. The maximum Gasteiger partial charge on any atom is 0.227 e. The molecule has 0 aliphatic heterocycles. The summed E-state index contributed by atoms with van der Waals surface area (Å²) in [6, 6.07) is 18.2. The second-order valence-electron chi connectivity index (χ2n) is 6.24. The second kappa shape index (κ2) is 8.12. The molecule has 0 aliphatic rings. The zero-order valence-electron chi connectivity index (χ0n) is 14.8. The summed E-state index contributed by atoms with van der Waals surface area (Å²) in [4.78, 5) is 13.1. The molecule has 0 aliphatic carbocycles. The predicted molar refractivity (Wildman–Crippen MR) is 112 cm³/mol. The SMILES string of the molecule is C[C@@H](N)c1ccc(Nc2ncc3cc(-c4ccncc4)ccc3n2)cc1.Cl. The average Bonchev–Trinajstić information content (AvgIpc) is 2.69. The molecular weight excluding hydrogens is 358 g/mol. The third-order valence-electron chi connectivity index (χ3n) is 4.29. The summed E-state index contributed by atoms with van der Waals surface area (Å²) in [6.45, 7) is 1.97. The molecule has 0 fully saturated rings. The number of hydrogen-bond acceptors (Lipinski definition) is 5. The number of benzene rings is 2. The summed E-state index contributed by atoms with van der Waals surface area (Å²) in [5.74, 6) is 0.572. The lowest BCUT2D eigenvalue weighted by Crippen LogP contribution is -2.04. The van der Waals surface area contributed by atoms with Crippen LogP contribution in [0, 0.1) is 0 Å². The van der Waals surface area contributed by atoms with Gasteiger partial charge in [0.1, 0.15) is 0 Å². The summed E-state index contributed by atoms with van der Waals surface area (Å²) in [5, 5.41) is 4.23. The van der Waals surface area contributed by atoms with Crippen molar-refractivity contribution in [2.24, 2.45) is 5.73 Å². The van der Waals surface area contributed by atoms with Crippen molar-refractivity contribution < 1.29 is 0 Å². The molecule has 3 N–H and O–H groups in total. The Balaban J connectivity index is 0.00000210. The van der Waals surface area contributed by atoms with Gasteiger partial charge in [-0.25, -0.2) is 9.97 Å². The first-order valence-electron chi connectivity index (χ1n) is 8.49. The van der Waals surface area contributed by atoms with Crippen LogP contribution in [0.3, 0.4) is 0 Å². The zero-order valence-corrected chi connectivity index (χ0v) is 15.6. The largest absolute Gasteiger partial charge is 0.324 e. The number of pyridine rings is 1. The summed E-state index contributed by atoms with van der Waals surface area (Å²) in [5.41, 5.74) is 11.1. The van der Waals surface area contributed by atoms with Gasteiger partial charge in [-0.3, -0.25) is 4.98 Å². The van der Waals surface area contributed by atoms with Crippen LogP contribution in [0.5, 0.6) is 0 Å². The van der Waals surface area contributed by atoms with Crippen LogP contribution in [0.4, 0.5) is 11.6 Å². The Kier molecular flexibility index (Phi) is 5.64. The fourth-order valence-corrected chi connectivity index (χ4v) is 2.82. The van der Waals surface area contributed by atoms with Crippen molar-refractivity contribution >= 4 is 34.9 Å². The van der Waals surface area contributed by atoms with Gasteiger partial charge in [-0.2, -0.15) is 0 Å². The van der Waals surface area contributed by atoms with Gasteiger partial charge in [0.05, 0.1) is 5.52 Å². The number of halogens is 1. The Labute approximate surface area is 164 Å². The second-order valence-corrected chi connectivity index (χ2v) is 6.24. The van der Waals surface area contributed by atoms with Crippen molar-refractivity contribution in [3.05, 3.63) is 78.8 Å². The van der Waals surface area contributed by atoms with Crippen LogP contribution in [0.25, 0.3) is 22.0 Å². The molecule has 2 aromatic heterocycles. The van der Waals surface area contributed by atoms with Gasteiger partial charge in [0.25, 0.3) is 0 Å². The highest BCUT2D eigenvalue weighted by molar-refractivity contribution is 5.85. The Morgan fingerprint density at radius 1 is 0.926 bits per heavy atom. The van der Waals surface area contributed by atoms with E-state index in [0.717, 1.165) is 33.3 Å². The maximum atomic E-state index is 5.88. The van der Waals surface area contributed by atoms with E-state index >= 15 is 0 Å². The first-order valence-corrected chi connectivity index (χ1v) is 8.49. The van der Waals surface area contributed by atoms with Crippen LogP contribution in [0.15, 0.2) is 73.2 Å². The highest BCUT2D eigenvalue weighted by Crippen LogP contribution is 2.24. The number of nitrogens with zero attached hydrogens (tertiary/aromatic N) is 3. The van der Waals surface area contributed by atoms with Crippen molar-refractivity contribution in [3.8, 4) is 11.1 Å². The van der Waals surface area contributed by atoms with Crippen molar-refractivity contribution in [3.63, 3.8) is 0 Å². The van der Waals surface area contributed by atoms with E-state index in [0.29, 0.717) is 5.95 Å². The number of aromatic nitrogens is 3. The van der Waals surface area contributed by atoms with Crippen LogP contribution in [-0.4, -0.2) is 15.0 Å². The van der Waals surface area contributed by atoms with E-state index in [1.165, 1.54) is 0 Å². The molecule has 0 saturated carbocycles. The van der Waals surface area contributed by atoms with Crippen molar-refractivity contribution in [2.45, 2.75) is 13.0 Å². The average molecular weight is 378 g/mol. The van der Waals surface area contributed by atoms with Gasteiger partial charge in [0.2, 0.25) is 5.95 Å². The molecule has 4 rings (SSSR count). The topological polar surface area (TPSA) is 76.7 Å². The van der Waals surface area contributed by atoms with Crippen LogP contribution in [0.1, 0.15) is 18.5 Å². The van der Waals surface area contributed by atoms with Crippen molar-refractivity contribution in [2.75, 3.05) is 5.32 Å². The lowest BCUT2D eigenvalue weighted by atomic mass is 10.1. The Morgan fingerprint density at radius 2 is 1.67 bits per heavy atom. The van der Waals surface area contributed by atoms with Crippen LogP contribution in [0.2, 0.25) is 0 Å². The molecule has 0 radical (unpaired) electrons. The van der Waals surface area contributed by atoms with Gasteiger partial charge in [0.15, 0.2) is 0 Å². The van der Waals surface area contributed by atoms with Gasteiger partial charge < -0.3 is 11.1 Å². The van der Waals surface area contributed by atoms with Gasteiger partial charge >= 0.3 is 0 Å². The molecule has 0 spiro atoms. The predicted octanol–water partition coefficient (Wildman–Crippen LogP) is 4.88. The number of rotatable bonds is 4. The Hall–Kier alpha value is -3.02. The van der Waals surface area contributed by atoms with Gasteiger partial charge in [0, 0.05) is 35.7 Å².